The molecule has 1 fully saturated rings. The zero-order valence-corrected chi connectivity index (χ0v) is 10.7. The van der Waals surface area contributed by atoms with Gasteiger partial charge in [-0.3, -0.25) is 4.79 Å². The Morgan fingerprint density at radius 2 is 2.38 bits per heavy atom. The van der Waals surface area contributed by atoms with Gasteiger partial charge in [0.25, 0.3) is 5.91 Å². The molecule has 3 nitrogen and oxygen atoms in total. The number of halogens is 1. The fourth-order valence-electron chi connectivity index (χ4n) is 1.70. The molecule has 0 aromatic heterocycles. The lowest BCUT2D eigenvalue weighted by Crippen LogP contribution is -2.35. The van der Waals surface area contributed by atoms with Gasteiger partial charge in [0.05, 0.1) is 12.6 Å². The van der Waals surface area contributed by atoms with E-state index in [0.717, 1.165) is 23.1 Å². The number of benzene rings is 1. The maximum Gasteiger partial charge on any atom is 0.251 e. The van der Waals surface area contributed by atoms with Crippen molar-refractivity contribution >= 4 is 21.8 Å². The van der Waals surface area contributed by atoms with E-state index < -0.39 is 0 Å². The normalized spacial score (nSPS) is 19.8. The number of ether oxygens (including phenoxy) is 1. The molecule has 86 valence electrons. The van der Waals surface area contributed by atoms with Crippen LogP contribution in [-0.2, 0) is 4.74 Å². The first kappa shape index (κ1) is 11.6. The van der Waals surface area contributed by atoms with Crippen LogP contribution in [0.25, 0.3) is 0 Å². The first-order chi connectivity index (χ1) is 7.66. The first-order valence-corrected chi connectivity index (χ1v) is 6.11. The molecular formula is C12H14BrNO2. The van der Waals surface area contributed by atoms with Crippen molar-refractivity contribution in [2.75, 3.05) is 13.2 Å². The van der Waals surface area contributed by atoms with Crippen LogP contribution in [0.5, 0.6) is 0 Å². The van der Waals surface area contributed by atoms with E-state index in [4.69, 9.17) is 4.74 Å². The maximum atomic E-state index is 11.9. The third-order valence-corrected chi connectivity index (χ3v) is 3.57. The summed E-state index contributed by atoms with van der Waals surface area (Å²) in [6.07, 6.45) is 0.904. The summed E-state index contributed by atoms with van der Waals surface area (Å²) in [4.78, 5) is 11.9. The molecule has 16 heavy (non-hydrogen) atoms. The summed E-state index contributed by atoms with van der Waals surface area (Å²) < 4.78 is 6.24. The van der Waals surface area contributed by atoms with Gasteiger partial charge in [0.15, 0.2) is 0 Å². The van der Waals surface area contributed by atoms with Crippen LogP contribution in [0.4, 0.5) is 0 Å². The third-order valence-electron chi connectivity index (χ3n) is 2.69. The van der Waals surface area contributed by atoms with Crippen molar-refractivity contribution in [2.24, 2.45) is 0 Å². The quantitative estimate of drug-likeness (QED) is 0.904. The molecule has 0 saturated carbocycles. The maximum absolute atomic E-state index is 11.9. The second kappa shape index (κ2) is 4.97. The zero-order chi connectivity index (χ0) is 11.5. The van der Waals surface area contributed by atoms with Crippen molar-refractivity contribution in [3.8, 4) is 0 Å². The van der Waals surface area contributed by atoms with Gasteiger partial charge in [-0.15, -0.1) is 0 Å². The summed E-state index contributed by atoms with van der Waals surface area (Å²) in [5.41, 5.74) is 1.77. The number of carbonyl (C=O) groups is 1. The molecule has 4 heteroatoms. The van der Waals surface area contributed by atoms with Crippen molar-refractivity contribution < 1.29 is 9.53 Å². The highest BCUT2D eigenvalue weighted by atomic mass is 79.9. The van der Waals surface area contributed by atoms with E-state index in [2.05, 4.69) is 21.2 Å². The molecule has 2 rings (SSSR count). The smallest absolute Gasteiger partial charge is 0.251 e. The Morgan fingerprint density at radius 1 is 1.56 bits per heavy atom. The van der Waals surface area contributed by atoms with E-state index in [-0.39, 0.29) is 11.9 Å². The van der Waals surface area contributed by atoms with Crippen LogP contribution in [0.1, 0.15) is 22.3 Å². The highest BCUT2D eigenvalue weighted by molar-refractivity contribution is 9.10. The van der Waals surface area contributed by atoms with E-state index in [1.807, 2.05) is 25.1 Å². The number of rotatable bonds is 2. The van der Waals surface area contributed by atoms with Gasteiger partial charge in [-0.25, -0.2) is 0 Å². The predicted molar refractivity (Wildman–Crippen MR) is 65.6 cm³/mol. The predicted octanol–water partition coefficient (Wildman–Crippen LogP) is 2.28. The van der Waals surface area contributed by atoms with Gasteiger partial charge in [-0.2, -0.15) is 0 Å². The summed E-state index contributed by atoms with van der Waals surface area (Å²) in [7, 11) is 0. The van der Waals surface area contributed by atoms with E-state index in [9.17, 15) is 4.79 Å². The van der Waals surface area contributed by atoms with Gasteiger partial charge in [0.1, 0.15) is 0 Å². The van der Waals surface area contributed by atoms with Crippen LogP contribution in [-0.4, -0.2) is 25.2 Å². The van der Waals surface area contributed by atoms with E-state index in [0.29, 0.717) is 12.2 Å². The van der Waals surface area contributed by atoms with Crippen molar-refractivity contribution in [2.45, 2.75) is 19.4 Å². The summed E-state index contributed by atoms with van der Waals surface area (Å²) in [5, 5.41) is 2.96. The molecule has 1 aromatic carbocycles. The van der Waals surface area contributed by atoms with Gasteiger partial charge >= 0.3 is 0 Å². The van der Waals surface area contributed by atoms with Crippen molar-refractivity contribution in [1.29, 1.82) is 0 Å². The molecule has 0 radical (unpaired) electrons. The minimum absolute atomic E-state index is 0.0221. The Bertz CT molecular complexity index is 400. The molecule has 0 aliphatic carbocycles. The van der Waals surface area contributed by atoms with Crippen molar-refractivity contribution in [3.63, 3.8) is 0 Å². The van der Waals surface area contributed by atoms with Crippen LogP contribution in [0.15, 0.2) is 22.7 Å². The Kier molecular flexibility index (Phi) is 3.61. The van der Waals surface area contributed by atoms with Crippen molar-refractivity contribution in [3.05, 3.63) is 33.8 Å². The van der Waals surface area contributed by atoms with Gasteiger partial charge in [0.2, 0.25) is 0 Å². The molecule has 1 N–H and O–H groups in total. The number of nitrogens with one attached hydrogen (secondary N) is 1. The zero-order valence-electron chi connectivity index (χ0n) is 9.13. The van der Waals surface area contributed by atoms with Gasteiger partial charge in [-0.1, -0.05) is 15.9 Å². The lowest BCUT2D eigenvalue weighted by Gasteiger charge is -2.11. The minimum atomic E-state index is -0.0221. The molecular weight excluding hydrogens is 270 g/mol. The highest BCUT2D eigenvalue weighted by Gasteiger charge is 2.18. The van der Waals surface area contributed by atoms with E-state index >= 15 is 0 Å². The fraction of sp³-hybridized carbons (Fsp3) is 0.417. The van der Waals surface area contributed by atoms with Gasteiger partial charge in [0, 0.05) is 16.6 Å². The minimum Gasteiger partial charge on any atom is -0.379 e. The molecule has 1 aliphatic heterocycles. The van der Waals surface area contributed by atoms with Crippen LogP contribution >= 0.6 is 15.9 Å². The average Bonchev–Trinajstić information content (AvgIpc) is 2.74. The fourth-order valence-corrected chi connectivity index (χ4v) is 1.95. The Balaban J connectivity index is 2.05. The highest BCUT2D eigenvalue weighted by Crippen LogP contribution is 2.17. The van der Waals surface area contributed by atoms with E-state index in [1.54, 1.807) is 0 Å². The Morgan fingerprint density at radius 3 is 3.00 bits per heavy atom. The van der Waals surface area contributed by atoms with Crippen LogP contribution in [0, 0.1) is 6.92 Å². The molecule has 0 bridgehead atoms. The number of aryl methyl sites for hydroxylation is 1. The van der Waals surface area contributed by atoms with Crippen LogP contribution in [0.3, 0.4) is 0 Å². The molecule has 1 heterocycles. The second-order valence-corrected chi connectivity index (χ2v) is 4.85. The summed E-state index contributed by atoms with van der Waals surface area (Å²) in [5.74, 6) is -0.0221. The molecule has 1 aliphatic rings. The number of amides is 1. The largest absolute Gasteiger partial charge is 0.379 e. The van der Waals surface area contributed by atoms with Crippen molar-refractivity contribution in [1.82, 2.24) is 5.32 Å². The molecule has 1 aromatic rings. The van der Waals surface area contributed by atoms with Gasteiger partial charge in [-0.05, 0) is 37.1 Å². The Labute approximate surface area is 103 Å². The number of hydrogen-bond donors (Lipinski definition) is 1. The molecule has 1 atom stereocenters. The SMILES string of the molecule is Cc1cc(C(=O)NC2CCOC2)ccc1Br. The summed E-state index contributed by atoms with van der Waals surface area (Å²) >= 11 is 3.41. The topological polar surface area (TPSA) is 38.3 Å². The standard InChI is InChI=1S/C12H14BrNO2/c1-8-6-9(2-3-11(8)13)12(15)14-10-4-5-16-7-10/h2-3,6,10H,4-5,7H2,1H3,(H,14,15). The first-order valence-electron chi connectivity index (χ1n) is 5.31. The van der Waals surface area contributed by atoms with Crippen LogP contribution in [0.2, 0.25) is 0 Å². The Hall–Kier alpha value is -0.870. The average molecular weight is 284 g/mol. The molecule has 1 saturated heterocycles. The summed E-state index contributed by atoms with van der Waals surface area (Å²) in [6, 6.07) is 5.77. The van der Waals surface area contributed by atoms with E-state index in [1.165, 1.54) is 0 Å². The van der Waals surface area contributed by atoms with Gasteiger partial charge < -0.3 is 10.1 Å². The number of carbonyl (C=O) groups excluding carboxylic acids is 1. The third kappa shape index (κ3) is 2.62. The number of hydrogen-bond acceptors (Lipinski definition) is 2. The lowest BCUT2D eigenvalue weighted by atomic mass is 10.1. The molecule has 0 spiro atoms. The molecule has 1 amide bonds. The van der Waals surface area contributed by atoms with Crippen LogP contribution < -0.4 is 5.32 Å². The monoisotopic (exact) mass is 283 g/mol. The lowest BCUT2D eigenvalue weighted by molar-refractivity contribution is 0.0930. The second-order valence-electron chi connectivity index (χ2n) is 4.00. The summed E-state index contributed by atoms with van der Waals surface area (Å²) in [6.45, 7) is 3.34. The molecule has 1 unspecified atom stereocenters.